The first-order chi connectivity index (χ1) is 10.2. The maximum absolute atomic E-state index is 12.5. The summed E-state index contributed by atoms with van der Waals surface area (Å²) in [6.07, 6.45) is -3.80. The number of alkyl halides is 3. The highest BCUT2D eigenvalue weighted by atomic mass is 19.4. The Bertz CT molecular complexity index is 568. The fourth-order valence-electron chi connectivity index (χ4n) is 2.24. The SMILES string of the molecule is C[C@H](CNC(=O)[C@H]1C[C@H]1c1ccc(C(F)(F)F)cc1)C(=O)O. The van der Waals surface area contributed by atoms with Gasteiger partial charge in [0.05, 0.1) is 11.5 Å². The maximum Gasteiger partial charge on any atom is 0.416 e. The van der Waals surface area contributed by atoms with Crippen LogP contribution in [0.15, 0.2) is 24.3 Å². The Balaban J connectivity index is 1.89. The lowest BCUT2D eigenvalue weighted by atomic mass is 10.1. The molecule has 0 saturated heterocycles. The lowest BCUT2D eigenvalue weighted by Crippen LogP contribution is -2.32. The number of carboxylic acids is 1. The van der Waals surface area contributed by atoms with Gasteiger partial charge in [0, 0.05) is 12.5 Å². The summed E-state index contributed by atoms with van der Waals surface area (Å²) in [7, 11) is 0. The van der Waals surface area contributed by atoms with E-state index in [1.807, 2.05) is 0 Å². The summed E-state index contributed by atoms with van der Waals surface area (Å²) in [5.74, 6) is -2.30. The monoisotopic (exact) mass is 315 g/mol. The zero-order valence-electron chi connectivity index (χ0n) is 11.9. The summed E-state index contributed by atoms with van der Waals surface area (Å²) < 4.78 is 37.4. The maximum atomic E-state index is 12.5. The van der Waals surface area contributed by atoms with Gasteiger partial charge in [0.1, 0.15) is 0 Å². The van der Waals surface area contributed by atoms with E-state index in [-0.39, 0.29) is 24.3 Å². The second-order valence-corrected chi connectivity index (χ2v) is 5.55. The molecule has 1 amide bonds. The average Bonchev–Trinajstić information content (AvgIpc) is 3.24. The molecule has 2 rings (SSSR count). The summed E-state index contributed by atoms with van der Waals surface area (Å²) in [4.78, 5) is 22.5. The smallest absolute Gasteiger partial charge is 0.416 e. The summed E-state index contributed by atoms with van der Waals surface area (Å²) in [5, 5.41) is 11.3. The lowest BCUT2D eigenvalue weighted by molar-refractivity contribution is -0.141. The van der Waals surface area contributed by atoms with Gasteiger partial charge in [-0.2, -0.15) is 13.2 Å². The summed E-state index contributed by atoms with van der Waals surface area (Å²) >= 11 is 0. The molecule has 1 aromatic rings. The van der Waals surface area contributed by atoms with Crippen LogP contribution in [0.5, 0.6) is 0 Å². The normalized spacial score (nSPS) is 22.0. The van der Waals surface area contributed by atoms with Crippen molar-refractivity contribution in [3.05, 3.63) is 35.4 Å². The highest BCUT2D eigenvalue weighted by Gasteiger charge is 2.44. The zero-order valence-corrected chi connectivity index (χ0v) is 11.9. The molecular formula is C15H16F3NO3. The van der Waals surface area contributed by atoms with Gasteiger partial charge < -0.3 is 10.4 Å². The standard InChI is InChI=1S/C15H16F3NO3/c1-8(14(21)22)7-19-13(20)12-6-11(12)9-2-4-10(5-3-9)15(16,17)18/h2-5,8,11-12H,6-7H2,1H3,(H,19,20)(H,21,22)/t8-,11+,12+/m1/s1. The van der Waals surface area contributed by atoms with E-state index < -0.39 is 23.6 Å². The van der Waals surface area contributed by atoms with Crippen molar-refractivity contribution in [1.29, 1.82) is 0 Å². The van der Waals surface area contributed by atoms with Crippen LogP contribution >= 0.6 is 0 Å². The van der Waals surface area contributed by atoms with Gasteiger partial charge in [0.15, 0.2) is 0 Å². The van der Waals surface area contributed by atoms with Crippen LogP contribution in [-0.2, 0) is 15.8 Å². The predicted molar refractivity (Wildman–Crippen MR) is 72.1 cm³/mol. The molecule has 22 heavy (non-hydrogen) atoms. The Morgan fingerprint density at radius 2 is 1.91 bits per heavy atom. The van der Waals surface area contributed by atoms with E-state index in [1.165, 1.54) is 19.1 Å². The average molecular weight is 315 g/mol. The number of carbonyl (C=O) groups excluding carboxylic acids is 1. The lowest BCUT2D eigenvalue weighted by Gasteiger charge is -2.09. The number of rotatable bonds is 5. The number of nitrogens with one attached hydrogen (secondary N) is 1. The van der Waals surface area contributed by atoms with E-state index >= 15 is 0 Å². The highest BCUT2D eigenvalue weighted by Crippen LogP contribution is 2.47. The molecule has 3 atom stereocenters. The third kappa shape index (κ3) is 3.78. The van der Waals surface area contributed by atoms with Gasteiger partial charge in [-0.3, -0.25) is 9.59 Å². The molecule has 4 nitrogen and oxygen atoms in total. The number of carbonyl (C=O) groups is 2. The summed E-state index contributed by atoms with van der Waals surface area (Å²) in [6, 6.07) is 4.80. The van der Waals surface area contributed by atoms with Crippen LogP contribution in [0.3, 0.4) is 0 Å². The minimum atomic E-state index is -4.37. The van der Waals surface area contributed by atoms with Crippen molar-refractivity contribution in [3.63, 3.8) is 0 Å². The molecule has 0 aliphatic heterocycles. The molecular weight excluding hydrogens is 299 g/mol. The van der Waals surface area contributed by atoms with Crippen LogP contribution in [0.4, 0.5) is 13.2 Å². The van der Waals surface area contributed by atoms with Gasteiger partial charge in [0.25, 0.3) is 0 Å². The van der Waals surface area contributed by atoms with Crippen molar-refractivity contribution in [2.75, 3.05) is 6.54 Å². The van der Waals surface area contributed by atoms with Crippen molar-refractivity contribution < 1.29 is 27.9 Å². The van der Waals surface area contributed by atoms with Crippen molar-refractivity contribution in [3.8, 4) is 0 Å². The van der Waals surface area contributed by atoms with Crippen LogP contribution in [0.25, 0.3) is 0 Å². The van der Waals surface area contributed by atoms with Crippen molar-refractivity contribution in [1.82, 2.24) is 5.32 Å². The highest BCUT2D eigenvalue weighted by molar-refractivity contribution is 5.83. The Kier molecular flexibility index (Phi) is 4.44. The topological polar surface area (TPSA) is 66.4 Å². The quantitative estimate of drug-likeness (QED) is 0.878. The Morgan fingerprint density at radius 3 is 2.41 bits per heavy atom. The minimum Gasteiger partial charge on any atom is -0.481 e. The molecule has 1 aliphatic rings. The van der Waals surface area contributed by atoms with Crippen LogP contribution in [0.1, 0.15) is 30.4 Å². The molecule has 1 fully saturated rings. The van der Waals surface area contributed by atoms with Crippen molar-refractivity contribution in [2.24, 2.45) is 11.8 Å². The first-order valence-electron chi connectivity index (χ1n) is 6.88. The molecule has 1 saturated carbocycles. The first-order valence-corrected chi connectivity index (χ1v) is 6.88. The van der Waals surface area contributed by atoms with Crippen LogP contribution in [0.2, 0.25) is 0 Å². The summed E-state index contributed by atoms with van der Waals surface area (Å²) in [6.45, 7) is 1.53. The van der Waals surface area contributed by atoms with Gasteiger partial charge in [-0.05, 0) is 30.0 Å². The third-order valence-electron chi connectivity index (χ3n) is 3.80. The molecule has 1 aliphatic carbocycles. The molecule has 0 bridgehead atoms. The number of amides is 1. The van der Waals surface area contributed by atoms with Crippen LogP contribution in [-0.4, -0.2) is 23.5 Å². The first kappa shape index (κ1) is 16.3. The molecule has 0 radical (unpaired) electrons. The fourth-order valence-corrected chi connectivity index (χ4v) is 2.24. The molecule has 2 N–H and O–H groups in total. The molecule has 0 aromatic heterocycles. The van der Waals surface area contributed by atoms with E-state index in [0.717, 1.165) is 12.1 Å². The Morgan fingerprint density at radius 1 is 1.32 bits per heavy atom. The Labute approximate surface area is 125 Å². The number of carboxylic acid groups (broad SMARTS) is 1. The van der Waals surface area contributed by atoms with Gasteiger partial charge >= 0.3 is 12.1 Å². The molecule has 120 valence electrons. The van der Waals surface area contributed by atoms with Crippen molar-refractivity contribution >= 4 is 11.9 Å². The van der Waals surface area contributed by atoms with E-state index in [9.17, 15) is 22.8 Å². The minimum absolute atomic E-state index is 0.0460. The molecule has 1 aromatic carbocycles. The van der Waals surface area contributed by atoms with Crippen molar-refractivity contribution in [2.45, 2.75) is 25.4 Å². The third-order valence-corrected chi connectivity index (χ3v) is 3.80. The number of hydrogen-bond donors (Lipinski definition) is 2. The van der Waals surface area contributed by atoms with E-state index in [1.54, 1.807) is 0 Å². The number of hydrogen-bond acceptors (Lipinski definition) is 2. The molecule has 0 unspecified atom stereocenters. The molecule has 0 spiro atoms. The largest absolute Gasteiger partial charge is 0.481 e. The van der Waals surface area contributed by atoms with E-state index in [4.69, 9.17) is 5.11 Å². The second-order valence-electron chi connectivity index (χ2n) is 5.55. The number of halogens is 3. The van der Waals surface area contributed by atoms with Gasteiger partial charge in [-0.25, -0.2) is 0 Å². The zero-order chi connectivity index (χ0) is 16.5. The van der Waals surface area contributed by atoms with Gasteiger partial charge in [-0.15, -0.1) is 0 Å². The van der Waals surface area contributed by atoms with Crippen LogP contribution in [0, 0.1) is 11.8 Å². The van der Waals surface area contributed by atoms with Crippen LogP contribution < -0.4 is 5.32 Å². The summed E-state index contributed by atoms with van der Waals surface area (Å²) in [5.41, 5.74) is -0.0207. The fraction of sp³-hybridized carbons (Fsp3) is 0.467. The van der Waals surface area contributed by atoms with E-state index in [0.29, 0.717) is 12.0 Å². The number of aliphatic carboxylic acids is 1. The number of benzene rings is 1. The van der Waals surface area contributed by atoms with Gasteiger partial charge in [-0.1, -0.05) is 19.1 Å². The second kappa shape index (κ2) is 5.98. The molecule has 0 heterocycles. The predicted octanol–water partition coefficient (Wildman–Crippen LogP) is 2.65. The van der Waals surface area contributed by atoms with E-state index in [2.05, 4.69) is 5.32 Å². The molecule has 7 heteroatoms. The Hall–Kier alpha value is -2.05. The van der Waals surface area contributed by atoms with Gasteiger partial charge in [0.2, 0.25) is 5.91 Å².